The Labute approximate surface area is 118 Å². The van der Waals surface area contributed by atoms with Crippen LogP contribution in [0.1, 0.15) is 19.4 Å². The monoisotopic (exact) mass is 270 g/mol. The summed E-state index contributed by atoms with van der Waals surface area (Å²) < 4.78 is 0. The summed E-state index contributed by atoms with van der Waals surface area (Å²) >= 11 is 6.47. The van der Waals surface area contributed by atoms with Crippen LogP contribution in [0, 0.1) is 0 Å². The summed E-state index contributed by atoms with van der Waals surface area (Å²) in [4.78, 5) is 11.2. The Morgan fingerprint density at radius 2 is 1.68 bits per heavy atom. The van der Waals surface area contributed by atoms with Gasteiger partial charge in [0.2, 0.25) is 0 Å². The normalized spacial score (nSPS) is 11.4. The molecule has 0 saturated heterocycles. The average molecular weight is 271 g/mol. The van der Waals surface area contributed by atoms with Crippen LogP contribution in [0.15, 0.2) is 54.6 Å². The van der Waals surface area contributed by atoms with E-state index in [1.54, 1.807) is 13.0 Å². The molecule has 2 aromatic rings. The number of carbonyl (C=O) groups excluding carboxylic acids is 1. The lowest BCUT2D eigenvalue weighted by Gasteiger charge is -2.10. The van der Waals surface area contributed by atoms with E-state index in [4.69, 9.17) is 11.6 Å². The fourth-order valence-electron chi connectivity index (χ4n) is 2.06. The largest absolute Gasteiger partial charge is 0.295 e. The van der Waals surface area contributed by atoms with Crippen LogP contribution in [0.2, 0.25) is 5.02 Å². The first-order chi connectivity index (χ1) is 9.09. The minimum absolute atomic E-state index is 0.0266. The SMILES string of the molecule is CC(=O)/C=C(\C)c1cccc(-c2ccccc2)c1Cl. The Morgan fingerprint density at radius 3 is 2.32 bits per heavy atom. The molecule has 0 amide bonds. The average Bonchev–Trinajstić information content (AvgIpc) is 2.39. The van der Waals surface area contributed by atoms with E-state index in [2.05, 4.69) is 0 Å². The second-order valence-electron chi connectivity index (χ2n) is 4.47. The van der Waals surface area contributed by atoms with Crippen LogP contribution in [0.4, 0.5) is 0 Å². The predicted molar refractivity (Wildman–Crippen MR) is 81.2 cm³/mol. The Balaban J connectivity index is 2.53. The third-order valence-electron chi connectivity index (χ3n) is 2.93. The molecule has 0 spiro atoms. The van der Waals surface area contributed by atoms with Crippen LogP contribution in [0.25, 0.3) is 16.7 Å². The van der Waals surface area contributed by atoms with Crippen molar-refractivity contribution >= 4 is 23.0 Å². The molecule has 0 aliphatic rings. The van der Waals surface area contributed by atoms with Gasteiger partial charge in [-0.2, -0.15) is 0 Å². The fraction of sp³-hybridized carbons (Fsp3) is 0.118. The number of hydrogen-bond acceptors (Lipinski definition) is 1. The highest BCUT2D eigenvalue weighted by Gasteiger charge is 2.09. The minimum atomic E-state index is 0.0266. The summed E-state index contributed by atoms with van der Waals surface area (Å²) in [5.41, 5.74) is 3.84. The van der Waals surface area contributed by atoms with Crippen molar-refractivity contribution in [1.29, 1.82) is 0 Å². The Hall–Kier alpha value is -1.86. The lowest BCUT2D eigenvalue weighted by atomic mass is 9.99. The summed E-state index contributed by atoms with van der Waals surface area (Å²) in [5, 5.41) is 0.684. The predicted octanol–water partition coefficient (Wildman–Crippen LogP) is 5.00. The highest BCUT2D eigenvalue weighted by molar-refractivity contribution is 6.35. The number of hydrogen-bond donors (Lipinski definition) is 0. The first-order valence-corrected chi connectivity index (χ1v) is 6.50. The van der Waals surface area contributed by atoms with Crippen LogP contribution in [0.3, 0.4) is 0 Å². The number of rotatable bonds is 3. The molecule has 0 fully saturated rings. The molecule has 1 nitrogen and oxygen atoms in total. The quantitative estimate of drug-likeness (QED) is 0.718. The van der Waals surface area contributed by atoms with Crippen LogP contribution in [-0.2, 0) is 4.79 Å². The zero-order valence-electron chi connectivity index (χ0n) is 11.0. The van der Waals surface area contributed by atoms with Crippen molar-refractivity contribution in [2.45, 2.75) is 13.8 Å². The molecular formula is C17H15ClO. The Bertz CT molecular complexity index is 627. The van der Waals surface area contributed by atoms with E-state index in [0.717, 1.165) is 22.3 Å². The van der Waals surface area contributed by atoms with Gasteiger partial charge in [-0.25, -0.2) is 0 Å². The van der Waals surface area contributed by atoms with E-state index in [-0.39, 0.29) is 5.78 Å². The topological polar surface area (TPSA) is 17.1 Å². The number of allylic oxidation sites excluding steroid dienone is 2. The molecule has 19 heavy (non-hydrogen) atoms. The van der Waals surface area contributed by atoms with E-state index in [9.17, 15) is 4.79 Å². The molecule has 2 rings (SSSR count). The van der Waals surface area contributed by atoms with Crippen molar-refractivity contribution in [3.63, 3.8) is 0 Å². The first kappa shape index (κ1) is 13.6. The number of benzene rings is 2. The molecule has 0 atom stereocenters. The van der Waals surface area contributed by atoms with Gasteiger partial charge in [-0.15, -0.1) is 0 Å². The molecule has 0 unspecified atom stereocenters. The zero-order valence-corrected chi connectivity index (χ0v) is 11.7. The van der Waals surface area contributed by atoms with Crippen molar-refractivity contribution in [3.05, 3.63) is 65.2 Å². The van der Waals surface area contributed by atoms with Gasteiger partial charge in [0.15, 0.2) is 5.78 Å². The Kier molecular flexibility index (Phi) is 4.18. The molecule has 0 heterocycles. The van der Waals surface area contributed by atoms with Crippen LogP contribution < -0.4 is 0 Å². The third kappa shape index (κ3) is 3.12. The van der Waals surface area contributed by atoms with Gasteiger partial charge in [0.1, 0.15) is 0 Å². The zero-order chi connectivity index (χ0) is 13.8. The van der Waals surface area contributed by atoms with E-state index in [0.29, 0.717) is 5.02 Å². The molecule has 0 saturated carbocycles. The van der Waals surface area contributed by atoms with Crippen molar-refractivity contribution in [2.24, 2.45) is 0 Å². The van der Waals surface area contributed by atoms with Gasteiger partial charge >= 0.3 is 0 Å². The molecule has 0 bridgehead atoms. The van der Waals surface area contributed by atoms with Crippen LogP contribution in [-0.4, -0.2) is 5.78 Å². The van der Waals surface area contributed by atoms with Gasteiger partial charge in [-0.05, 0) is 36.6 Å². The second-order valence-corrected chi connectivity index (χ2v) is 4.85. The summed E-state index contributed by atoms with van der Waals surface area (Å²) in [6, 6.07) is 15.9. The smallest absolute Gasteiger partial charge is 0.152 e. The van der Waals surface area contributed by atoms with Gasteiger partial charge in [0, 0.05) is 5.56 Å². The van der Waals surface area contributed by atoms with Crippen molar-refractivity contribution in [3.8, 4) is 11.1 Å². The van der Waals surface area contributed by atoms with Gasteiger partial charge < -0.3 is 0 Å². The summed E-state index contributed by atoms with van der Waals surface area (Å²) in [5.74, 6) is 0.0266. The molecule has 0 aliphatic heterocycles. The number of ketones is 1. The highest BCUT2D eigenvalue weighted by Crippen LogP contribution is 2.33. The van der Waals surface area contributed by atoms with Crippen LogP contribution >= 0.6 is 11.6 Å². The standard InChI is InChI=1S/C17H15ClO/c1-12(11-13(2)19)15-9-6-10-16(17(15)18)14-7-4-3-5-8-14/h3-11H,1-2H3/b12-11+. The fourth-order valence-corrected chi connectivity index (χ4v) is 2.44. The first-order valence-electron chi connectivity index (χ1n) is 6.13. The summed E-state index contributed by atoms with van der Waals surface area (Å²) in [7, 11) is 0. The van der Waals surface area contributed by atoms with Gasteiger partial charge in [0.05, 0.1) is 5.02 Å². The second kappa shape index (κ2) is 5.85. The third-order valence-corrected chi connectivity index (χ3v) is 3.34. The summed E-state index contributed by atoms with van der Waals surface area (Å²) in [6.45, 7) is 3.44. The van der Waals surface area contributed by atoms with Gasteiger partial charge in [-0.1, -0.05) is 60.1 Å². The Morgan fingerprint density at radius 1 is 1.00 bits per heavy atom. The maximum absolute atomic E-state index is 11.2. The van der Waals surface area contributed by atoms with Gasteiger partial charge in [-0.3, -0.25) is 4.79 Å². The molecule has 0 aromatic heterocycles. The number of carbonyl (C=O) groups is 1. The van der Waals surface area contributed by atoms with E-state index in [1.165, 1.54) is 0 Å². The maximum Gasteiger partial charge on any atom is 0.152 e. The molecule has 2 heteroatoms. The molecule has 0 N–H and O–H groups in total. The van der Waals surface area contributed by atoms with Crippen molar-refractivity contribution in [2.75, 3.05) is 0 Å². The molecule has 96 valence electrons. The van der Waals surface area contributed by atoms with E-state index < -0.39 is 0 Å². The van der Waals surface area contributed by atoms with Crippen LogP contribution in [0.5, 0.6) is 0 Å². The molecule has 0 radical (unpaired) electrons. The molecule has 2 aromatic carbocycles. The molecular weight excluding hydrogens is 256 g/mol. The van der Waals surface area contributed by atoms with E-state index in [1.807, 2.05) is 55.5 Å². The van der Waals surface area contributed by atoms with Gasteiger partial charge in [0.25, 0.3) is 0 Å². The lowest BCUT2D eigenvalue weighted by molar-refractivity contribution is -0.112. The molecule has 0 aliphatic carbocycles. The highest BCUT2D eigenvalue weighted by atomic mass is 35.5. The number of halogens is 1. The minimum Gasteiger partial charge on any atom is -0.295 e. The van der Waals surface area contributed by atoms with Crippen molar-refractivity contribution < 1.29 is 4.79 Å². The maximum atomic E-state index is 11.2. The lowest BCUT2D eigenvalue weighted by Crippen LogP contribution is -1.89. The van der Waals surface area contributed by atoms with Crippen molar-refractivity contribution in [1.82, 2.24) is 0 Å². The van der Waals surface area contributed by atoms with E-state index >= 15 is 0 Å². The summed E-state index contributed by atoms with van der Waals surface area (Å²) in [6.07, 6.45) is 1.61.